The Bertz CT molecular complexity index is 274. The largest absolute Gasteiger partial charge is 0.467 e. The molecule has 0 aliphatic rings. The highest BCUT2D eigenvalue weighted by molar-refractivity contribution is 9.08. The quantitative estimate of drug-likeness (QED) is 0.599. The first-order chi connectivity index (χ1) is 6.27. The van der Waals surface area contributed by atoms with Gasteiger partial charge in [-0.3, -0.25) is 0 Å². The maximum absolute atomic E-state index is 5.38. The first-order valence-corrected chi connectivity index (χ1v) is 5.17. The lowest BCUT2D eigenvalue weighted by atomic mass is 10.1. The van der Waals surface area contributed by atoms with Gasteiger partial charge in [0.05, 0.1) is 0 Å². The third-order valence-corrected chi connectivity index (χ3v) is 2.30. The minimum atomic E-state index is 0.295. The second-order valence-corrected chi connectivity index (χ2v) is 3.36. The van der Waals surface area contributed by atoms with Crippen molar-refractivity contribution >= 4 is 15.9 Å². The number of methoxy groups -OCH3 is 1. The fourth-order valence-corrected chi connectivity index (χ4v) is 1.51. The molecule has 13 heavy (non-hydrogen) atoms. The minimum absolute atomic E-state index is 0.295. The zero-order chi connectivity index (χ0) is 9.68. The van der Waals surface area contributed by atoms with Crippen LogP contribution in [0.25, 0.3) is 0 Å². The third-order valence-electron chi connectivity index (χ3n) is 1.69. The van der Waals surface area contributed by atoms with Crippen molar-refractivity contribution in [1.82, 2.24) is 0 Å². The molecule has 1 aromatic rings. The van der Waals surface area contributed by atoms with Gasteiger partial charge in [-0.25, -0.2) is 0 Å². The average Bonchev–Trinajstić information content (AvgIpc) is 2.16. The van der Waals surface area contributed by atoms with Gasteiger partial charge in [-0.2, -0.15) is 0 Å². The van der Waals surface area contributed by atoms with Gasteiger partial charge in [0.1, 0.15) is 5.75 Å². The van der Waals surface area contributed by atoms with Crippen molar-refractivity contribution in [2.75, 3.05) is 13.9 Å². The van der Waals surface area contributed by atoms with Gasteiger partial charge < -0.3 is 9.47 Å². The molecule has 0 heterocycles. The van der Waals surface area contributed by atoms with Gasteiger partial charge in [-0.15, -0.1) is 0 Å². The van der Waals surface area contributed by atoms with Crippen LogP contribution in [0.5, 0.6) is 5.75 Å². The van der Waals surface area contributed by atoms with Gasteiger partial charge in [0.15, 0.2) is 6.79 Å². The molecule has 0 fully saturated rings. The lowest BCUT2D eigenvalue weighted by Gasteiger charge is -2.09. The van der Waals surface area contributed by atoms with Crippen LogP contribution in [-0.2, 0) is 10.1 Å². The summed E-state index contributed by atoms with van der Waals surface area (Å²) in [5.74, 6) is 0.879. The molecule has 0 bridgehead atoms. The van der Waals surface area contributed by atoms with Crippen LogP contribution in [0.2, 0.25) is 0 Å². The number of ether oxygens (including phenoxy) is 2. The maximum Gasteiger partial charge on any atom is 0.188 e. The van der Waals surface area contributed by atoms with Crippen LogP contribution in [0.3, 0.4) is 0 Å². The van der Waals surface area contributed by atoms with Gasteiger partial charge >= 0.3 is 0 Å². The summed E-state index contributed by atoms with van der Waals surface area (Å²) in [7, 11) is 1.61. The number of alkyl halides is 1. The molecule has 0 unspecified atom stereocenters. The lowest BCUT2D eigenvalue weighted by Crippen LogP contribution is -2.01. The number of hydrogen-bond donors (Lipinski definition) is 0. The Kier molecular flexibility index (Phi) is 4.25. The van der Waals surface area contributed by atoms with Crippen molar-refractivity contribution in [2.45, 2.75) is 12.3 Å². The predicted octanol–water partition coefficient (Wildman–Crippen LogP) is 2.87. The summed E-state index contributed by atoms with van der Waals surface area (Å²) >= 11 is 3.41. The second-order valence-electron chi connectivity index (χ2n) is 2.80. The van der Waals surface area contributed by atoms with E-state index in [1.165, 1.54) is 5.56 Å². The molecule has 0 aliphatic carbocycles. The summed E-state index contributed by atoms with van der Waals surface area (Å²) in [6.07, 6.45) is 0. The number of hydrogen-bond acceptors (Lipinski definition) is 2. The second kappa shape index (κ2) is 5.25. The van der Waals surface area contributed by atoms with Crippen molar-refractivity contribution in [3.63, 3.8) is 0 Å². The topological polar surface area (TPSA) is 18.5 Å². The van der Waals surface area contributed by atoms with Crippen molar-refractivity contribution in [3.8, 4) is 5.75 Å². The molecule has 3 heteroatoms. The molecule has 0 saturated heterocycles. The van der Waals surface area contributed by atoms with E-state index in [1.54, 1.807) is 7.11 Å². The zero-order valence-electron chi connectivity index (χ0n) is 7.84. The Balaban J connectivity index is 2.79. The minimum Gasteiger partial charge on any atom is -0.467 e. The lowest BCUT2D eigenvalue weighted by molar-refractivity contribution is 0.0506. The number of halogens is 1. The molecular weight excluding hydrogens is 232 g/mol. The molecule has 0 radical (unpaired) electrons. The van der Waals surface area contributed by atoms with Crippen molar-refractivity contribution in [1.29, 1.82) is 0 Å². The summed E-state index contributed by atoms with van der Waals surface area (Å²) in [5, 5.41) is 0.799. The standard InChI is InChI=1S/C10H13BrO2/c1-8-3-4-10(13-7-12-2)9(5-8)6-11/h3-5H,6-7H2,1-2H3. The molecule has 0 atom stereocenters. The van der Waals surface area contributed by atoms with E-state index in [2.05, 4.69) is 28.9 Å². The molecular formula is C10H13BrO2. The molecule has 1 aromatic carbocycles. The summed E-state index contributed by atoms with van der Waals surface area (Å²) < 4.78 is 10.2. The van der Waals surface area contributed by atoms with Gasteiger partial charge in [0.2, 0.25) is 0 Å². The highest BCUT2D eigenvalue weighted by Gasteiger charge is 2.01. The Hall–Kier alpha value is -0.540. The molecule has 0 N–H and O–H groups in total. The fourth-order valence-electron chi connectivity index (χ4n) is 1.08. The monoisotopic (exact) mass is 244 g/mol. The van der Waals surface area contributed by atoms with Crippen molar-refractivity contribution < 1.29 is 9.47 Å². The van der Waals surface area contributed by atoms with Crippen LogP contribution in [0.15, 0.2) is 18.2 Å². The molecule has 0 spiro atoms. The van der Waals surface area contributed by atoms with E-state index in [4.69, 9.17) is 9.47 Å². The van der Waals surface area contributed by atoms with E-state index in [0.717, 1.165) is 16.6 Å². The molecule has 2 nitrogen and oxygen atoms in total. The smallest absolute Gasteiger partial charge is 0.188 e. The Morgan fingerprint density at radius 1 is 1.38 bits per heavy atom. The van der Waals surface area contributed by atoms with Crippen LogP contribution >= 0.6 is 15.9 Å². The van der Waals surface area contributed by atoms with E-state index in [0.29, 0.717) is 6.79 Å². The number of aryl methyl sites for hydroxylation is 1. The van der Waals surface area contributed by atoms with E-state index in [9.17, 15) is 0 Å². The molecule has 1 rings (SSSR count). The van der Waals surface area contributed by atoms with Crippen LogP contribution in [-0.4, -0.2) is 13.9 Å². The summed E-state index contributed by atoms with van der Waals surface area (Å²) in [6.45, 7) is 2.36. The highest BCUT2D eigenvalue weighted by Crippen LogP contribution is 2.22. The number of benzene rings is 1. The molecule has 0 saturated carbocycles. The molecule has 0 aliphatic heterocycles. The summed E-state index contributed by atoms with van der Waals surface area (Å²) in [6, 6.07) is 6.09. The maximum atomic E-state index is 5.38. The van der Waals surface area contributed by atoms with E-state index < -0.39 is 0 Å². The van der Waals surface area contributed by atoms with Crippen LogP contribution in [0, 0.1) is 6.92 Å². The van der Waals surface area contributed by atoms with Crippen molar-refractivity contribution in [2.24, 2.45) is 0 Å². The van der Waals surface area contributed by atoms with Crippen LogP contribution in [0.4, 0.5) is 0 Å². The van der Waals surface area contributed by atoms with Gasteiger partial charge in [0, 0.05) is 18.0 Å². The van der Waals surface area contributed by atoms with E-state index in [-0.39, 0.29) is 0 Å². The molecule has 72 valence electrons. The van der Waals surface area contributed by atoms with Crippen LogP contribution < -0.4 is 4.74 Å². The Morgan fingerprint density at radius 2 is 2.15 bits per heavy atom. The molecule has 0 aromatic heterocycles. The van der Waals surface area contributed by atoms with E-state index >= 15 is 0 Å². The zero-order valence-corrected chi connectivity index (χ0v) is 9.43. The Labute approximate surface area is 87.0 Å². The van der Waals surface area contributed by atoms with Gasteiger partial charge in [-0.1, -0.05) is 33.6 Å². The number of rotatable bonds is 4. The predicted molar refractivity (Wildman–Crippen MR) is 56.3 cm³/mol. The highest BCUT2D eigenvalue weighted by atomic mass is 79.9. The normalized spacial score (nSPS) is 10.1. The van der Waals surface area contributed by atoms with Gasteiger partial charge in [0.25, 0.3) is 0 Å². The Morgan fingerprint density at radius 3 is 2.77 bits per heavy atom. The molecule has 0 amide bonds. The first kappa shape index (κ1) is 10.5. The van der Waals surface area contributed by atoms with Crippen molar-refractivity contribution in [3.05, 3.63) is 29.3 Å². The van der Waals surface area contributed by atoms with Gasteiger partial charge in [-0.05, 0) is 13.0 Å². The summed E-state index contributed by atoms with van der Waals surface area (Å²) in [5.41, 5.74) is 2.39. The SMILES string of the molecule is COCOc1ccc(C)cc1CBr. The first-order valence-electron chi connectivity index (χ1n) is 4.05. The average molecular weight is 245 g/mol. The fraction of sp³-hybridized carbons (Fsp3) is 0.400. The third kappa shape index (κ3) is 3.01. The van der Waals surface area contributed by atoms with E-state index in [1.807, 2.05) is 12.1 Å². The van der Waals surface area contributed by atoms with Crippen LogP contribution in [0.1, 0.15) is 11.1 Å². The summed E-state index contributed by atoms with van der Waals surface area (Å²) in [4.78, 5) is 0.